The van der Waals surface area contributed by atoms with E-state index in [1.165, 1.54) is 19.3 Å². The summed E-state index contributed by atoms with van der Waals surface area (Å²) in [4.78, 5) is 0. The number of rotatable bonds is 4. The van der Waals surface area contributed by atoms with Gasteiger partial charge in [-0.3, -0.25) is 0 Å². The molecule has 1 aliphatic carbocycles. The molecule has 1 rings (SSSR count). The fraction of sp³-hybridized carbons (Fsp3) is 1.00. The summed E-state index contributed by atoms with van der Waals surface area (Å²) >= 11 is 0. The Morgan fingerprint density at radius 3 is 1.87 bits per heavy atom. The van der Waals surface area contributed by atoms with Gasteiger partial charge < -0.3 is 4.74 Å². The van der Waals surface area contributed by atoms with Crippen LogP contribution in [-0.2, 0) is 4.74 Å². The van der Waals surface area contributed by atoms with Gasteiger partial charge in [-0.1, -0.05) is 41.5 Å². The van der Waals surface area contributed by atoms with E-state index >= 15 is 0 Å². The summed E-state index contributed by atoms with van der Waals surface area (Å²) in [6.07, 6.45) is 4.47. The molecule has 0 spiro atoms. The molecule has 0 bridgehead atoms. The van der Waals surface area contributed by atoms with E-state index in [1.807, 2.05) is 0 Å². The summed E-state index contributed by atoms with van der Waals surface area (Å²) in [6, 6.07) is 0. The molecule has 0 amide bonds. The van der Waals surface area contributed by atoms with Crippen molar-refractivity contribution in [3.05, 3.63) is 0 Å². The molecular weight excluding hydrogens is 184 g/mol. The van der Waals surface area contributed by atoms with Crippen molar-refractivity contribution in [2.75, 3.05) is 6.61 Å². The molecule has 1 nitrogen and oxygen atoms in total. The lowest BCUT2D eigenvalue weighted by Gasteiger charge is -2.29. The van der Waals surface area contributed by atoms with Crippen molar-refractivity contribution in [1.29, 1.82) is 0 Å². The van der Waals surface area contributed by atoms with Gasteiger partial charge in [0.25, 0.3) is 0 Å². The standard InChI is InChI=1S/C14H28O/c1-13(2,3)9-12(11-7-8-11)15-10-14(4,5)6/h11-12H,7-10H2,1-6H3/t12-/m1/s1. The van der Waals surface area contributed by atoms with E-state index in [0.29, 0.717) is 16.9 Å². The van der Waals surface area contributed by atoms with Gasteiger partial charge in [0, 0.05) is 0 Å². The van der Waals surface area contributed by atoms with Crippen LogP contribution in [-0.4, -0.2) is 12.7 Å². The SMILES string of the molecule is CC(C)(C)CO[C@H](CC(C)(C)C)C1CC1. The molecule has 1 aliphatic rings. The van der Waals surface area contributed by atoms with Gasteiger partial charge in [0.05, 0.1) is 12.7 Å². The van der Waals surface area contributed by atoms with Crippen LogP contribution in [0.2, 0.25) is 0 Å². The van der Waals surface area contributed by atoms with Crippen LogP contribution in [0.1, 0.15) is 60.8 Å². The quantitative estimate of drug-likeness (QED) is 0.676. The fourth-order valence-corrected chi connectivity index (χ4v) is 1.79. The first-order valence-corrected chi connectivity index (χ1v) is 6.29. The highest BCUT2D eigenvalue weighted by Crippen LogP contribution is 2.40. The number of hydrogen-bond acceptors (Lipinski definition) is 1. The molecule has 90 valence electrons. The molecule has 1 fully saturated rings. The Bertz CT molecular complexity index is 190. The fourth-order valence-electron chi connectivity index (χ4n) is 1.79. The van der Waals surface area contributed by atoms with Crippen LogP contribution in [0, 0.1) is 16.7 Å². The molecule has 0 aliphatic heterocycles. The van der Waals surface area contributed by atoms with Gasteiger partial charge in [-0.25, -0.2) is 0 Å². The van der Waals surface area contributed by atoms with Crippen molar-refractivity contribution in [3.8, 4) is 0 Å². The summed E-state index contributed by atoms with van der Waals surface area (Å²) in [5.41, 5.74) is 0.691. The minimum atomic E-state index is 0.297. The molecule has 1 saturated carbocycles. The third-order valence-electron chi connectivity index (χ3n) is 2.69. The summed E-state index contributed by atoms with van der Waals surface area (Å²) < 4.78 is 6.11. The minimum absolute atomic E-state index is 0.297. The van der Waals surface area contributed by atoms with E-state index in [2.05, 4.69) is 41.5 Å². The second kappa shape index (κ2) is 4.45. The van der Waals surface area contributed by atoms with E-state index in [-0.39, 0.29) is 0 Å². The van der Waals surface area contributed by atoms with Gasteiger partial charge in [0.1, 0.15) is 0 Å². The zero-order valence-corrected chi connectivity index (χ0v) is 11.4. The van der Waals surface area contributed by atoms with Gasteiger partial charge >= 0.3 is 0 Å². The molecule has 15 heavy (non-hydrogen) atoms. The molecule has 0 heterocycles. The highest BCUT2D eigenvalue weighted by atomic mass is 16.5. The van der Waals surface area contributed by atoms with Gasteiger partial charge in [-0.15, -0.1) is 0 Å². The van der Waals surface area contributed by atoms with Crippen LogP contribution in [0.4, 0.5) is 0 Å². The zero-order valence-electron chi connectivity index (χ0n) is 11.4. The number of hydrogen-bond donors (Lipinski definition) is 0. The van der Waals surface area contributed by atoms with Gasteiger partial charge in [-0.2, -0.15) is 0 Å². The van der Waals surface area contributed by atoms with Gasteiger partial charge in [0.2, 0.25) is 0 Å². The Kier molecular flexibility index (Phi) is 3.86. The average molecular weight is 212 g/mol. The second-order valence-corrected chi connectivity index (χ2v) is 7.51. The first kappa shape index (κ1) is 13.0. The molecule has 0 N–H and O–H groups in total. The Morgan fingerprint density at radius 1 is 1.00 bits per heavy atom. The lowest BCUT2D eigenvalue weighted by atomic mass is 9.87. The molecule has 0 saturated heterocycles. The van der Waals surface area contributed by atoms with Crippen LogP contribution in [0.15, 0.2) is 0 Å². The molecule has 0 aromatic heterocycles. The van der Waals surface area contributed by atoms with E-state index in [1.54, 1.807) is 0 Å². The highest BCUT2D eigenvalue weighted by molar-refractivity contribution is 4.85. The predicted octanol–water partition coefficient (Wildman–Crippen LogP) is 4.26. The van der Waals surface area contributed by atoms with Crippen molar-refractivity contribution in [1.82, 2.24) is 0 Å². The number of ether oxygens (including phenoxy) is 1. The molecule has 0 aromatic carbocycles. The Labute approximate surface area is 95.6 Å². The smallest absolute Gasteiger partial charge is 0.0608 e. The van der Waals surface area contributed by atoms with Crippen molar-refractivity contribution in [2.24, 2.45) is 16.7 Å². The lowest BCUT2D eigenvalue weighted by molar-refractivity contribution is -0.0227. The van der Waals surface area contributed by atoms with E-state index < -0.39 is 0 Å². The van der Waals surface area contributed by atoms with Gasteiger partial charge in [-0.05, 0) is 36.0 Å². The third-order valence-corrected chi connectivity index (χ3v) is 2.69. The van der Waals surface area contributed by atoms with Crippen LogP contribution >= 0.6 is 0 Å². The maximum Gasteiger partial charge on any atom is 0.0608 e. The maximum atomic E-state index is 6.11. The molecule has 0 unspecified atom stereocenters. The Morgan fingerprint density at radius 2 is 1.53 bits per heavy atom. The molecule has 1 atom stereocenters. The normalized spacial score (nSPS) is 20.4. The summed E-state index contributed by atoms with van der Waals surface area (Å²) in [7, 11) is 0. The molecule has 0 radical (unpaired) electrons. The summed E-state index contributed by atoms with van der Waals surface area (Å²) in [6.45, 7) is 14.6. The lowest BCUT2D eigenvalue weighted by Crippen LogP contribution is -2.27. The molecular formula is C14H28O. The van der Waals surface area contributed by atoms with Gasteiger partial charge in [0.15, 0.2) is 0 Å². The predicted molar refractivity (Wildman–Crippen MR) is 66.0 cm³/mol. The summed E-state index contributed by atoms with van der Waals surface area (Å²) in [5, 5.41) is 0. The second-order valence-electron chi connectivity index (χ2n) is 7.51. The van der Waals surface area contributed by atoms with Crippen LogP contribution in [0.3, 0.4) is 0 Å². The maximum absolute atomic E-state index is 6.11. The highest BCUT2D eigenvalue weighted by Gasteiger charge is 2.35. The minimum Gasteiger partial charge on any atom is -0.377 e. The van der Waals surface area contributed by atoms with Crippen LogP contribution in [0.5, 0.6) is 0 Å². The zero-order chi connectivity index (χ0) is 11.7. The van der Waals surface area contributed by atoms with Crippen LogP contribution < -0.4 is 0 Å². The van der Waals surface area contributed by atoms with Crippen molar-refractivity contribution < 1.29 is 4.74 Å². The largest absolute Gasteiger partial charge is 0.377 e. The first-order chi connectivity index (χ1) is 6.67. The molecule has 0 aromatic rings. The van der Waals surface area contributed by atoms with E-state index in [4.69, 9.17) is 4.74 Å². The Hall–Kier alpha value is -0.0400. The third kappa shape index (κ3) is 6.19. The monoisotopic (exact) mass is 212 g/mol. The van der Waals surface area contributed by atoms with Crippen molar-refractivity contribution >= 4 is 0 Å². The molecule has 1 heteroatoms. The van der Waals surface area contributed by atoms with Crippen LogP contribution in [0.25, 0.3) is 0 Å². The van der Waals surface area contributed by atoms with Crippen molar-refractivity contribution in [2.45, 2.75) is 66.9 Å². The Balaban J connectivity index is 2.38. The van der Waals surface area contributed by atoms with E-state index in [9.17, 15) is 0 Å². The van der Waals surface area contributed by atoms with Crippen molar-refractivity contribution in [3.63, 3.8) is 0 Å². The topological polar surface area (TPSA) is 9.23 Å². The first-order valence-electron chi connectivity index (χ1n) is 6.29. The summed E-state index contributed by atoms with van der Waals surface area (Å²) in [5.74, 6) is 0.853. The van der Waals surface area contributed by atoms with E-state index in [0.717, 1.165) is 12.5 Å². The average Bonchev–Trinajstić information content (AvgIpc) is 2.75.